The van der Waals surface area contributed by atoms with Crippen molar-refractivity contribution in [3.05, 3.63) is 53.9 Å². The zero-order valence-corrected chi connectivity index (χ0v) is 14.1. The molecule has 5 nitrogen and oxygen atoms in total. The molecule has 2 fully saturated rings. The van der Waals surface area contributed by atoms with Crippen LogP contribution in [0.4, 0.5) is 4.79 Å². The van der Waals surface area contributed by atoms with Crippen molar-refractivity contribution in [3.63, 3.8) is 0 Å². The van der Waals surface area contributed by atoms with E-state index in [2.05, 4.69) is 39.6 Å². The Morgan fingerprint density at radius 1 is 1.29 bits per heavy atom. The molecule has 0 radical (unpaired) electrons. The first-order valence-electron chi connectivity index (χ1n) is 8.80. The third-order valence-electron chi connectivity index (χ3n) is 5.78. The van der Waals surface area contributed by atoms with E-state index in [-0.39, 0.29) is 11.6 Å². The van der Waals surface area contributed by atoms with Crippen LogP contribution in [0.3, 0.4) is 0 Å². The van der Waals surface area contributed by atoms with Gasteiger partial charge < -0.3 is 10.2 Å². The van der Waals surface area contributed by atoms with Crippen LogP contribution in [0.25, 0.3) is 0 Å². The number of aryl methyl sites for hydroxylation is 1. The van der Waals surface area contributed by atoms with Crippen LogP contribution in [-0.4, -0.2) is 27.3 Å². The van der Waals surface area contributed by atoms with E-state index in [0.717, 1.165) is 18.7 Å². The van der Waals surface area contributed by atoms with Crippen molar-refractivity contribution in [1.82, 2.24) is 20.0 Å². The first kappa shape index (κ1) is 15.2. The maximum absolute atomic E-state index is 12.9. The smallest absolute Gasteiger partial charge is 0.318 e. The normalized spacial score (nSPS) is 25.7. The highest BCUT2D eigenvalue weighted by molar-refractivity contribution is 5.77. The van der Waals surface area contributed by atoms with E-state index in [1.807, 2.05) is 19.2 Å². The zero-order chi connectivity index (χ0) is 16.6. The summed E-state index contributed by atoms with van der Waals surface area (Å²) >= 11 is 0. The number of nitrogens with zero attached hydrogens (tertiary/aromatic N) is 3. The molecule has 2 aliphatic rings. The van der Waals surface area contributed by atoms with Gasteiger partial charge in [-0.15, -0.1) is 0 Å². The molecule has 0 bridgehead atoms. The summed E-state index contributed by atoms with van der Waals surface area (Å²) in [6, 6.07) is 12.5. The quantitative estimate of drug-likeness (QED) is 0.943. The Morgan fingerprint density at radius 3 is 2.83 bits per heavy atom. The first-order valence-corrected chi connectivity index (χ1v) is 8.80. The van der Waals surface area contributed by atoms with Crippen LogP contribution in [0.1, 0.15) is 36.9 Å². The second-order valence-electron chi connectivity index (χ2n) is 6.95. The number of amides is 2. The fourth-order valence-corrected chi connectivity index (χ4v) is 4.46. The van der Waals surface area contributed by atoms with E-state index < -0.39 is 0 Å². The number of urea groups is 1. The van der Waals surface area contributed by atoms with Crippen LogP contribution in [0.5, 0.6) is 0 Å². The number of nitrogens with one attached hydrogen (secondary N) is 1. The monoisotopic (exact) mass is 324 g/mol. The van der Waals surface area contributed by atoms with Gasteiger partial charge in [-0.2, -0.15) is 5.10 Å². The molecule has 1 aromatic heterocycles. The van der Waals surface area contributed by atoms with E-state index >= 15 is 0 Å². The van der Waals surface area contributed by atoms with Crippen molar-refractivity contribution in [2.24, 2.45) is 13.0 Å². The van der Waals surface area contributed by atoms with Crippen LogP contribution in [0.2, 0.25) is 0 Å². The summed E-state index contributed by atoms with van der Waals surface area (Å²) in [4.78, 5) is 14.9. The minimum atomic E-state index is -0.101. The number of likely N-dealkylation sites (tertiary alicyclic amines) is 1. The van der Waals surface area contributed by atoms with Crippen LogP contribution in [0, 0.1) is 5.92 Å². The Hall–Kier alpha value is -2.30. The van der Waals surface area contributed by atoms with Gasteiger partial charge in [0.05, 0.1) is 17.8 Å². The van der Waals surface area contributed by atoms with Gasteiger partial charge in [0.1, 0.15) is 0 Å². The van der Waals surface area contributed by atoms with Crippen molar-refractivity contribution < 1.29 is 4.79 Å². The molecular weight excluding hydrogens is 300 g/mol. The first-order chi connectivity index (χ1) is 11.7. The average Bonchev–Trinajstić information content (AvgIpc) is 3.00. The summed E-state index contributed by atoms with van der Waals surface area (Å²) in [5, 5.41) is 7.23. The van der Waals surface area contributed by atoms with E-state index in [0.29, 0.717) is 12.5 Å². The maximum atomic E-state index is 12.9. The van der Waals surface area contributed by atoms with Gasteiger partial charge in [0.2, 0.25) is 0 Å². The fourth-order valence-electron chi connectivity index (χ4n) is 4.46. The molecule has 24 heavy (non-hydrogen) atoms. The topological polar surface area (TPSA) is 50.2 Å². The van der Waals surface area contributed by atoms with E-state index in [1.165, 1.54) is 24.8 Å². The lowest BCUT2D eigenvalue weighted by atomic mass is 9.62. The molecule has 2 atom stereocenters. The lowest BCUT2D eigenvalue weighted by molar-refractivity contribution is -0.0794. The van der Waals surface area contributed by atoms with Gasteiger partial charge in [0.15, 0.2) is 0 Å². The molecule has 1 saturated heterocycles. The van der Waals surface area contributed by atoms with Crippen molar-refractivity contribution in [1.29, 1.82) is 0 Å². The molecule has 1 aromatic carbocycles. The molecule has 4 rings (SSSR count). The summed E-state index contributed by atoms with van der Waals surface area (Å²) in [5.41, 5.74) is 2.20. The number of carbonyl (C=O) groups is 1. The molecule has 0 unspecified atom stereocenters. The number of hydrogen-bond acceptors (Lipinski definition) is 2. The predicted octanol–water partition coefficient (Wildman–Crippen LogP) is 3.03. The minimum Gasteiger partial charge on any atom is -0.332 e. The van der Waals surface area contributed by atoms with Gasteiger partial charge in [0, 0.05) is 25.7 Å². The summed E-state index contributed by atoms with van der Waals surface area (Å²) in [6.45, 7) is 1.38. The van der Waals surface area contributed by atoms with Crippen LogP contribution in [0.15, 0.2) is 42.6 Å². The fraction of sp³-hybridized carbons (Fsp3) is 0.474. The van der Waals surface area contributed by atoms with Crippen LogP contribution < -0.4 is 5.32 Å². The number of aromatic nitrogens is 2. The van der Waals surface area contributed by atoms with Gasteiger partial charge in [0.25, 0.3) is 0 Å². The van der Waals surface area contributed by atoms with Crippen molar-refractivity contribution in [3.8, 4) is 0 Å². The number of rotatable bonds is 3. The zero-order valence-electron chi connectivity index (χ0n) is 14.1. The molecule has 2 aromatic rings. The van der Waals surface area contributed by atoms with Crippen molar-refractivity contribution >= 4 is 6.03 Å². The molecular formula is C19H24N4O. The third kappa shape index (κ3) is 2.30. The molecule has 1 aliphatic carbocycles. The van der Waals surface area contributed by atoms with E-state index in [9.17, 15) is 4.79 Å². The van der Waals surface area contributed by atoms with Gasteiger partial charge >= 0.3 is 6.03 Å². The number of fused-ring (bicyclic) bond motifs is 1. The second-order valence-corrected chi connectivity index (χ2v) is 6.95. The molecule has 2 amide bonds. The maximum Gasteiger partial charge on any atom is 0.318 e. The highest BCUT2D eigenvalue weighted by Crippen LogP contribution is 2.53. The number of hydrogen-bond donors (Lipinski definition) is 1. The molecule has 1 saturated carbocycles. The molecule has 1 aliphatic heterocycles. The Kier molecular flexibility index (Phi) is 3.79. The van der Waals surface area contributed by atoms with Crippen molar-refractivity contribution in [2.45, 2.75) is 37.8 Å². The summed E-state index contributed by atoms with van der Waals surface area (Å²) < 4.78 is 1.80. The second kappa shape index (κ2) is 5.96. The Labute approximate surface area is 142 Å². The molecule has 0 spiro atoms. The van der Waals surface area contributed by atoms with Crippen molar-refractivity contribution in [2.75, 3.05) is 6.54 Å². The summed E-state index contributed by atoms with van der Waals surface area (Å²) in [6.07, 6.45) is 6.52. The van der Waals surface area contributed by atoms with Crippen LogP contribution in [-0.2, 0) is 19.1 Å². The Bertz CT molecular complexity index is 726. The highest BCUT2D eigenvalue weighted by Gasteiger charge is 2.56. The van der Waals surface area contributed by atoms with E-state index in [1.54, 1.807) is 10.9 Å². The largest absolute Gasteiger partial charge is 0.332 e. The van der Waals surface area contributed by atoms with Gasteiger partial charge in [-0.3, -0.25) is 4.68 Å². The summed E-state index contributed by atoms with van der Waals surface area (Å²) in [7, 11) is 1.90. The standard InChI is InChI=1S/C19H24N4O/c1-22-17(10-12-21-22)13-20-18(24)23-14-16-9-5-6-11-19(16,23)15-7-3-2-4-8-15/h2-4,7-8,10,12,16H,5-6,9,11,13-14H2,1H3,(H,20,24)/t16-,19-/m1/s1. The number of benzene rings is 1. The van der Waals surface area contributed by atoms with E-state index in [4.69, 9.17) is 0 Å². The lowest BCUT2D eigenvalue weighted by Gasteiger charge is -2.61. The lowest BCUT2D eigenvalue weighted by Crippen LogP contribution is -2.69. The Morgan fingerprint density at radius 2 is 2.12 bits per heavy atom. The minimum absolute atomic E-state index is 0.0400. The molecule has 5 heteroatoms. The molecule has 2 heterocycles. The predicted molar refractivity (Wildman–Crippen MR) is 92.2 cm³/mol. The summed E-state index contributed by atoms with van der Waals surface area (Å²) in [5.74, 6) is 0.594. The van der Waals surface area contributed by atoms with Gasteiger partial charge in [-0.25, -0.2) is 4.79 Å². The van der Waals surface area contributed by atoms with Gasteiger partial charge in [-0.1, -0.05) is 43.2 Å². The van der Waals surface area contributed by atoms with Crippen LogP contribution >= 0.6 is 0 Å². The number of carbonyl (C=O) groups excluding carboxylic acids is 1. The molecule has 126 valence electrons. The molecule has 1 N–H and O–H groups in total. The highest BCUT2D eigenvalue weighted by atomic mass is 16.2. The third-order valence-corrected chi connectivity index (χ3v) is 5.78. The average molecular weight is 324 g/mol. The SMILES string of the molecule is Cn1nccc1CNC(=O)N1C[C@H]2CCCC[C@@]21c1ccccc1. The van der Waals surface area contributed by atoms with Gasteiger partial charge in [-0.05, 0) is 24.5 Å². The Balaban J connectivity index is 1.54.